The molecule has 2 aromatic heterocycles. The van der Waals surface area contributed by atoms with Crippen LogP contribution < -0.4 is 21.5 Å². The largest absolute Gasteiger partial charge is 0.434 e. The zero-order valence-electron chi connectivity index (χ0n) is 15.1. The summed E-state index contributed by atoms with van der Waals surface area (Å²) in [6, 6.07) is 4.19. The van der Waals surface area contributed by atoms with E-state index in [2.05, 4.69) is 26.2 Å². The summed E-state index contributed by atoms with van der Waals surface area (Å²) >= 11 is 12.5. The van der Waals surface area contributed by atoms with Crippen molar-refractivity contribution in [1.82, 2.24) is 25.0 Å². The van der Waals surface area contributed by atoms with Gasteiger partial charge in [0.05, 0.1) is 15.7 Å². The van der Waals surface area contributed by atoms with Gasteiger partial charge in [0.15, 0.2) is 11.4 Å². The summed E-state index contributed by atoms with van der Waals surface area (Å²) in [6.07, 6.45) is 5.21. The number of nitrogens with zero attached hydrogens (tertiary/aromatic N) is 3. The molecule has 1 aromatic carbocycles. The Morgan fingerprint density at radius 1 is 1.14 bits per heavy atom. The van der Waals surface area contributed by atoms with Crippen LogP contribution in [-0.4, -0.2) is 25.0 Å². The molecule has 2 N–H and O–H groups in total. The summed E-state index contributed by atoms with van der Waals surface area (Å²) in [5, 5.41) is 10.0. The van der Waals surface area contributed by atoms with Crippen LogP contribution in [0.25, 0.3) is 5.69 Å². The van der Waals surface area contributed by atoms with Gasteiger partial charge < -0.3 is 4.74 Å². The number of aromatic amines is 2. The zero-order valence-corrected chi connectivity index (χ0v) is 16.6. The molecule has 0 saturated carbocycles. The predicted molar refractivity (Wildman–Crippen MR) is 107 cm³/mol. The maximum absolute atomic E-state index is 12.1. The van der Waals surface area contributed by atoms with Gasteiger partial charge in [-0.2, -0.15) is 4.68 Å². The lowest BCUT2D eigenvalue weighted by Crippen LogP contribution is -2.33. The number of halogens is 2. The van der Waals surface area contributed by atoms with Gasteiger partial charge in [-0.05, 0) is 24.0 Å². The lowest BCUT2D eigenvalue weighted by Gasteiger charge is -2.12. The van der Waals surface area contributed by atoms with Crippen molar-refractivity contribution < 1.29 is 4.74 Å². The van der Waals surface area contributed by atoms with Gasteiger partial charge in [0.2, 0.25) is 5.88 Å². The molecular formula is C18H13Cl2N5O4. The lowest BCUT2D eigenvalue weighted by atomic mass is 10.1. The van der Waals surface area contributed by atoms with Gasteiger partial charge in [-0.3, -0.25) is 14.6 Å². The van der Waals surface area contributed by atoms with E-state index >= 15 is 0 Å². The minimum absolute atomic E-state index is 0.0359. The van der Waals surface area contributed by atoms with E-state index in [1.54, 1.807) is 0 Å². The second kappa shape index (κ2) is 7.95. The van der Waals surface area contributed by atoms with Crippen molar-refractivity contribution in [3.8, 4) is 29.7 Å². The number of H-pyrrole nitrogens is 2. The third-order valence-corrected chi connectivity index (χ3v) is 4.39. The van der Waals surface area contributed by atoms with Gasteiger partial charge in [-0.25, -0.2) is 9.89 Å². The van der Waals surface area contributed by atoms with Crippen LogP contribution in [0.1, 0.15) is 31.0 Å². The van der Waals surface area contributed by atoms with Crippen LogP contribution in [0.2, 0.25) is 10.0 Å². The first-order chi connectivity index (χ1) is 13.7. The van der Waals surface area contributed by atoms with E-state index in [0.29, 0.717) is 5.56 Å². The molecule has 3 rings (SSSR count). The molecule has 0 radical (unpaired) electrons. The Morgan fingerprint density at radius 2 is 1.79 bits per heavy atom. The topological polar surface area (TPSA) is 123 Å². The minimum atomic E-state index is -0.821. The van der Waals surface area contributed by atoms with Crippen LogP contribution in [0.3, 0.4) is 0 Å². The van der Waals surface area contributed by atoms with Gasteiger partial charge in [0.25, 0.3) is 11.1 Å². The van der Waals surface area contributed by atoms with E-state index < -0.39 is 11.2 Å². The van der Waals surface area contributed by atoms with E-state index in [4.69, 9.17) is 34.4 Å². The smallest absolute Gasteiger partial charge is 0.349 e. The highest BCUT2D eigenvalue weighted by atomic mass is 35.5. The van der Waals surface area contributed by atoms with Crippen LogP contribution in [0, 0.1) is 12.3 Å². The van der Waals surface area contributed by atoms with E-state index in [9.17, 15) is 14.4 Å². The van der Waals surface area contributed by atoms with Gasteiger partial charge in [0.1, 0.15) is 0 Å². The molecule has 0 aliphatic rings. The van der Waals surface area contributed by atoms with Gasteiger partial charge >= 0.3 is 5.69 Å². The Hall–Kier alpha value is -3.35. The molecule has 0 aliphatic carbocycles. The minimum Gasteiger partial charge on any atom is -0.434 e. The van der Waals surface area contributed by atoms with Crippen LogP contribution in [-0.2, 0) is 0 Å². The maximum Gasteiger partial charge on any atom is 0.349 e. The standard InChI is InChI=1S/C18H13Cl2N5O4/c1-4-13-17(27)21-18(28)25(24-13)9-5-11(19)15(12(20)6-9)29-14-7-10(8(2)3)16(26)23-22-14/h1,5-8H,2-3H3,(H,23,26)(H,21,27,28). The predicted octanol–water partition coefficient (Wildman–Crippen LogP) is 2.21. The summed E-state index contributed by atoms with van der Waals surface area (Å²) in [5.41, 5.74) is -1.58. The van der Waals surface area contributed by atoms with Gasteiger partial charge in [0, 0.05) is 11.6 Å². The third-order valence-electron chi connectivity index (χ3n) is 3.83. The molecule has 3 aromatic rings. The van der Waals surface area contributed by atoms with Crippen LogP contribution in [0.15, 0.2) is 32.6 Å². The fourth-order valence-corrected chi connectivity index (χ4v) is 2.98. The molecular weight excluding hydrogens is 421 g/mol. The lowest BCUT2D eigenvalue weighted by molar-refractivity contribution is 0.452. The van der Waals surface area contributed by atoms with Crippen LogP contribution in [0.5, 0.6) is 11.6 Å². The summed E-state index contributed by atoms with van der Waals surface area (Å²) < 4.78 is 6.48. The highest BCUT2D eigenvalue weighted by Crippen LogP contribution is 2.37. The van der Waals surface area contributed by atoms with Crippen molar-refractivity contribution in [1.29, 1.82) is 0 Å². The van der Waals surface area contributed by atoms with E-state index in [0.717, 1.165) is 4.68 Å². The SMILES string of the molecule is C#Cc1nn(-c2cc(Cl)c(Oc3cc(C(C)C)c(=O)[nH]n3)c(Cl)c2)c(=O)[nH]c1=O. The number of aromatic nitrogens is 5. The summed E-state index contributed by atoms with van der Waals surface area (Å²) in [6.45, 7) is 3.70. The molecule has 0 atom stereocenters. The average Bonchev–Trinajstić information content (AvgIpc) is 2.65. The van der Waals surface area contributed by atoms with Crippen molar-refractivity contribution in [3.63, 3.8) is 0 Å². The summed E-state index contributed by atoms with van der Waals surface area (Å²) in [4.78, 5) is 37.5. The molecule has 0 saturated heterocycles. The highest BCUT2D eigenvalue weighted by Gasteiger charge is 2.16. The zero-order chi connectivity index (χ0) is 21.3. The first-order valence-electron chi connectivity index (χ1n) is 8.18. The van der Waals surface area contributed by atoms with E-state index in [1.807, 2.05) is 13.8 Å². The van der Waals surface area contributed by atoms with Crippen molar-refractivity contribution in [2.75, 3.05) is 0 Å². The molecule has 2 heterocycles. The first-order valence-corrected chi connectivity index (χ1v) is 8.94. The Morgan fingerprint density at radius 3 is 2.38 bits per heavy atom. The molecule has 9 nitrogen and oxygen atoms in total. The highest BCUT2D eigenvalue weighted by molar-refractivity contribution is 6.37. The fourth-order valence-electron chi connectivity index (χ4n) is 2.42. The number of hydrogen-bond acceptors (Lipinski definition) is 6. The quantitative estimate of drug-likeness (QED) is 0.607. The Kier molecular flexibility index (Phi) is 5.59. The summed E-state index contributed by atoms with van der Waals surface area (Å²) in [7, 11) is 0. The van der Waals surface area contributed by atoms with E-state index in [1.165, 1.54) is 18.2 Å². The van der Waals surface area contributed by atoms with Crippen LogP contribution >= 0.6 is 23.2 Å². The molecule has 148 valence electrons. The number of benzene rings is 1. The Balaban J connectivity index is 2.05. The molecule has 0 amide bonds. The first kappa shape index (κ1) is 20.4. The molecule has 0 unspecified atom stereocenters. The third kappa shape index (κ3) is 4.08. The maximum atomic E-state index is 12.1. The Bertz CT molecular complexity index is 1290. The van der Waals surface area contributed by atoms with Gasteiger partial charge in [-0.15, -0.1) is 16.6 Å². The molecule has 29 heavy (non-hydrogen) atoms. The number of rotatable bonds is 4. The van der Waals surface area contributed by atoms with E-state index in [-0.39, 0.29) is 44.5 Å². The van der Waals surface area contributed by atoms with Crippen LogP contribution in [0.4, 0.5) is 0 Å². The van der Waals surface area contributed by atoms with Crippen molar-refractivity contribution in [2.24, 2.45) is 0 Å². The Labute approximate surface area is 173 Å². The second-order valence-corrected chi connectivity index (χ2v) is 6.96. The fraction of sp³-hybridized carbons (Fsp3) is 0.167. The molecule has 0 fully saturated rings. The molecule has 0 spiro atoms. The second-order valence-electron chi connectivity index (χ2n) is 6.15. The number of hydrogen-bond donors (Lipinski definition) is 2. The monoisotopic (exact) mass is 433 g/mol. The van der Waals surface area contributed by atoms with Crippen molar-refractivity contribution in [3.05, 3.63) is 70.7 Å². The van der Waals surface area contributed by atoms with Gasteiger partial charge in [-0.1, -0.05) is 37.0 Å². The molecule has 0 aliphatic heterocycles. The van der Waals surface area contributed by atoms with Crippen molar-refractivity contribution in [2.45, 2.75) is 19.8 Å². The number of terminal acetylenes is 1. The normalized spacial score (nSPS) is 10.8. The molecule has 11 heteroatoms. The number of nitrogens with one attached hydrogen (secondary N) is 2. The van der Waals surface area contributed by atoms with Crippen molar-refractivity contribution >= 4 is 23.2 Å². The number of ether oxygens (including phenoxy) is 1. The average molecular weight is 434 g/mol. The molecule has 0 bridgehead atoms. The summed E-state index contributed by atoms with van der Waals surface area (Å²) in [5.74, 6) is 2.17.